The van der Waals surface area contributed by atoms with Crippen LogP contribution in [0.1, 0.15) is 58.3 Å². The monoisotopic (exact) mass is 241 g/mol. The van der Waals surface area contributed by atoms with Gasteiger partial charge in [0, 0.05) is 10.5 Å². The molecule has 0 bridgehead atoms. The van der Waals surface area contributed by atoms with Crippen molar-refractivity contribution in [2.75, 3.05) is 6.54 Å². The highest BCUT2D eigenvalue weighted by Crippen LogP contribution is 2.40. The molecule has 2 rings (SSSR count). The maximum atomic E-state index is 5.91. The molecule has 0 aliphatic heterocycles. The number of nitrogens with two attached hydrogens (primary N) is 1. The van der Waals surface area contributed by atoms with Crippen LogP contribution in [0.2, 0.25) is 0 Å². The highest BCUT2D eigenvalue weighted by Gasteiger charge is 2.28. The number of rotatable bonds is 3. The molecule has 0 heterocycles. The predicted molar refractivity (Wildman–Crippen MR) is 73.8 cm³/mol. The third-order valence-electron chi connectivity index (χ3n) is 4.40. The van der Waals surface area contributed by atoms with Crippen molar-refractivity contribution in [2.24, 2.45) is 17.6 Å². The van der Waals surface area contributed by atoms with Crippen LogP contribution in [-0.4, -0.2) is 17.0 Å². The molecule has 0 aromatic rings. The van der Waals surface area contributed by atoms with Gasteiger partial charge in [-0.3, -0.25) is 0 Å². The van der Waals surface area contributed by atoms with Crippen molar-refractivity contribution < 1.29 is 0 Å². The number of thioether (sulfide) groups is 1. The summed E-state index contributed by atoms with van der Waals surface area (Å²) in [6.45, 7) is 3.34. The van der Waals surface area contributed by atoms with Gasteiger partial charge in [0.05, 0.1) is 0 Å². The molecule has 2 fully saturated rings. The van der Waals surface area contributed by atoms with E-state index < -0.39 is 0 Å². The van der Waals surface area contributed by atoms with E-state index in [-0.39, 0.29) is 0 Å². The SMILES string of the molecule is CC1CCCC(SC2CCCCC2CN)C1. The largest absolute Gasteiger partial charge is 0.330 e. The van der Waals surface area contributed by atoms with Gasteiger partial charge in [-0.2, -0.15) is 11.8 Å². The van der Waals surface area contributed by atoms with Crippen LogP contribution in [0.4, 0.5) is 0 Å². The Labute approximate surface area is 105 Å². The Morgan fingerprint density at radius 1 is 1.06 bits per heavy atom. The standard InChI is InChI=1S/C14H27NS/c1-11-5-4-7-13(9-11)16-14-8-3-2-6-12(14)10-15/h11-14H,2-10,15H2,1H3. The summed E-state index contributed by atoms with van der Waals surface area (Å²) in [5, 5.41) is 1.83. The summed E-state index contributed by atoms with van der Waals surface area (Å²) in [7, 11) is 0. The van der Waals surface area contributed by atoms with Gasteiger partial charge < -0.3 is 5.73 Å². The highest BCUT2D eigenvalue weighted by molar-refractivity contribution is 8.00. The van der Waals surface area contributed by atoms with Crippen LogP contribution in [0, 0.1) is 11.8 Å². The maximum Gasteiger partial charge on any atom is 0.00901 e. The van der Waals surface area contributed by atoms with Crippen LogP contribution >= 0.6 is 11.8 Å². The van der Waals surface area contributed by atoms with Gasteiger partial charge in [0.2, 0.25) is 0 Å². The molecular formula is C14H27NS. The summed E-state index contributed by atoms with van der Waals surface area (Å²) in [5.74, 6) is 1.78. The minimum absolute atomic E-state index is 0.816. The fraction of sp³-hybridized carbons (Fsp3) is 1.00. The van der Waals surface area contributed by atoms with Crippen molar-refractivity contribution >= 4 is 11.8 Å². The molecule has 1 nitrogen and oxygen atoms in total. The second-order valence-corrected chi connectivity index (χ2v) is 7.39. The van der Waals surface area contributed by atoms with Crippen LogP contribution in [0.15, 0.2) is 0 Å². The molecule has 4 unspecified atom stereocenters. The predicted octanol–water partition coefficient (Wildman–Crippen LogP) is 3.82. The zero-order chi connectivity index (χ0) is 11.4. The van der Waals surface area contributed by atoms with Gasteiger partial charge in [0.1, 0.15) is 0 Å². The Morgan fingerprint density at radius 3 is 2.62 bits per heavy atom. The molecule has 2 N–H and O–H groups in total. The van der Waals surface area contributed by atoms with Gasteiger partial charge in [-0.05, 0) is 44.1 Å². The highest BCUT2D eigenvalue weighted by atomic mass is 32.2. The fourth-order valence-electron chi connectivity index (χ4n) is 3.37. The summed E-state index contributed by atoms with van der Waals surface area (Å²) < 4.78 is 0. The smallest absolute Gasteiger partial charge is 0.00901 e. The molecule has 16 heavy (non-hydrogen) atoms. The normalized spacial score (nSPS) is 40.9. The molecule has 4 atom stereocenters. The fourth-order valence-corrected chi connectivity index (χ4v) is 5.38. The van der Waals surface area contributed by atoms with E-state index in [1.807, 2.05) is 0 Å². The van der Waals surface area contributed by atoms with Gasteiger partial charge in [0.15, 0.2) is 0 Å². The molecule has 0 radical (unpaired) electrons. The van der Waals surface area contributed by atoms with E-state index in [2.05, 4.69) is 18.7 Å². The Balaban J connectivity index is 1.82. The lowest BCUT2D eigenvalue weighted by Crippen LogP contribution is -2.31. The second-order valence-electron chi connectivity index (χ2n) is 5.85. The Hall–Kier alpha value is 0.310. The van der Waals surface area contributed by atoms with Crippen molar-refractivity contribution in [2.45, 2.75) is 68.8 Å². The number of hydrogen-bond acceptors (Lipinski definition) is 2. The van der Waals surface area contributed by atoms with E-state index in [4.69, 9.17) is 5.73 Å². The Kier molecular flexibility index (Phi) is 5.02. The van der Waals surface area contributed by atoms with Crippen LogP contribution in [0.3, 0.4) is 0 Å². The van der Waals surface area contributed by atoms with Crippen molar-refractivity contribution in [1.82, 2.24) is 0 Å². The third-order valence-corrected chi connectivity index (χ3v) is 6.18. The van der Waals surface area contributed by atoms with E-state index >= 15 is 0 Å². The summed E-state index contributed by atoms with van der Waals surface area (Å²) in [4.78, 5) is 0. The first kappa shape index (κ1) is 12.8. The average Bonchev–Trinajstić information content (AvgIpc) is 2.30. The second kappa shape index (κ2) is 6.30. The summed E-state index contributed by atoms with van der Waals surface area (Å²) >= 11 is 2.30. The molecule has 0 amide bonds. The first-order chi connectivity index (χ1) is 7.79. The van der Waals surface area contributed by atoms with E-state index in [9.17, 15) is 0 Å². The molecule has 2 aliphatic rings. The lowest BCUT2D eigenvalue weighted by Gasteiger charge is -2.35. The molecule has 2 heteroatoms. The summed E-state index contributed by atoms with van der Waals surface area (Å²) in [6.07, 6.45) is 11.5. The number of hydrogen-bond donors (Lipinski definition) is 1. The minimum atomic E-state index is 0.816. The van der Waals surface area contributed by atoms with Gasteiger partial charge in [-0.25, -0.2) is 0 Å². The van der Waals surface area contributed by atoms with Gasteiger partial charge in [-0.15, -0.1) is 0 Å². The zero-order valence-corrected chi connectivity index (χ0v) is 11.5. The molecule has 0 spiro atoms. The molecule has 0 saturated heterocycles. The van der Waals surface area contributed by atoms with E-state index in [0.717, 1.165) is 28.9 Å². The zero-order valence-electron chi connectivity index (χ0n) is 10.7. The lowest BCUT2D eigenvalue weighted by atomic mass is 9.89. The van der Waals surface area contributed by atoms with Crippen LogP contribution in [0.25, 0.3) is 0 Å². The Morgan fingerprint density at radius 2 is 1.88 bits per heavy atom. The average molecular weight is 241 g/mol. The van der Waals surface area contributed by atoms with Crippen LogP contribution in [0.5, 0.6) is 0 Å². The van der Waals surface area contributed by atoms with Gasteiger partial charge in [0.25, 0.3) is 0 Å². The molecule has 2 saturated carbocycles. The molecule has 0 aromatic heterocycles. The van der Waals surface area contributed by atoms with Crippen LogP contribution in [-0.2, 0) is 0 Å². The molecule has 2 aliphatic carbocycles. The van der Waals surface area contributed by atoms with E-state index in [0.29, 0.717) is 0 Å². The van der Waals surface area contributed by atoms with E-state index in [1.165, 1.54) is 51.4 Å². The lowest BCUT2D eigenvalue weighted by molar-refractivity contribution is 0.367. The summed E-state index contributed by atoms with van der Waals surface area (Å²) in [5.41, 5.74) is 5.91. The summed E-state index contributed by atoms with van der Waals surface area (Å²) in [6, 6.07) is 0. The first-order valence-electron chi connectivity index (χ1n) is 7.15. The maximum absolute atomic E-state index is 5.91. The molecule has 94 valence electrons. The van der Waals surface area contributed by atoms with Crippen molar-refractivity contribution in [3.8, 4) is 0 Å². The third kappa shape index (κ3) is 3.40. The van der Waals surface area contributed by atoms with E-state index in [1.54, 1.807) is 0 Å². The first-order valence-corrected chi connectivity index (χ1v) is 8.09. The van der Waals surface area contributed by atoms with Gasteiger partial charge in [-0.1, -0.05) is 32.6 Å². The molecular weight excluding hydrogens is 214 g/mol. The molecule has 0 aromatic carbocycles. The van der Waals surface area contributed by atoms with Gasteiger partial charge >= 0.3 is 0 Å². The minimum Gasteiger partial charge on any atom is -0.330 e. The topological polar surface area (TPSA) is 26.0 Å². The Bertz CT molecular complexity index is 207. The van der Waals surface area contributed by atoms with Crippen molar-refractivity contribution in [3.63, 3.8) is 0 Å². The quantitative estimate of drug-likeness (QED) is 0.813. The van der Waals surface area contributed by atoms with Crippen molar-refractivity contribution in [3.05, 3.63) is 0 Å². The van der Waals surface area contributed by atoms with Crippen LogP contribution < -0.4 is 5.73 Å². The van der Waals surface area contributed by atoms with Crippen molar-refractivity contribution in [1.29, 1.82) is 0 Å².